The summed E-state index contributed by atoms with van der Waals surface area (Å²) in [5, 5.41) is 7.83. The Bertz CT molecular complexity index is 127. The highest BCUT2D eigenvalue weighted by atomic mass is 15.2. The van der Waals surface area contributed by atoms with E-state index in [0.717, 1.165) is 24.3 Å². The van der Waals surface area contributed by atoms with Crippen LogP contribution >= 0.6 is 0 Å². The lowest BCUT2D eigenvalue weighted by Crippen LogP contribution is -2.02. The van der Waals surface area contributed by atoms with Crippen molar-refractivity contribution in [2.45, 2.75) is 40.5 Å². The van der Waals surface area contributed by atoms with E-state index >= 15 is 0 Å². The van der Waals surface area contributed by atoms with Crippen molar-refractivity contribution < 1.29 is 0 Å². The summed E-state index contributed by atoms with van der Waals surface area (Å²) < 4.78 is 0. The SMILES string of the molecule is CC.CC1=NN=C(C)CC1. The van der Waals surface area contributed by atoms with Crippen LogP contribution in [0.1, 0.15) is 40.5 Å². The van der Waals surface area contributed by atoms with E-state index in [0.29, 0.717) is 0 Å². The molecule has 1 aliphatic rings. The summed E-state index contributed by atoms with van der Waals surface area (Å²) in [6.07, 6.45) is 2.19. The fraction of sp³-hybridized carbons (Fsp3) is 0.750. The molecular formula is C8H16N2. The molecule has 2 nitrogen and oxygen atoms in total. The third kappa shape index (κ3) is 3.38. The second-order valence-electron chi connectivity index (χ2n) is 2.17. The molecule has 0 N–H and O–H groups in total. The largest absolute Gasteiger partial charge is 0.160 e. The van der Waals surface area contributed by atoms with Crippen molar-refractivity contribution in [3.63, 3.8) is 0 Å². The molecule has 0 aliphatic carbocycles. The van der Waals surface area contributed by atoms with E-state index in [4.69, 9.17) is 0 Å². The van der Waals surface area contributed by atoms with Crippen LogP contribution in [-0.2, 0) is 0 Å². The number of nitrogens with zero attached hydrogens (tertiary/aromatic N) is 2. The minimum Gasteiger partial charge on any atom is -0.160 e. The van der Waals surface area contributed by atoms with E-state index in [1.54, 1.807) is 0 Å². The van der Waals surface area contributed by atoms with Crippen molar-refractivity contribution in [2.75, 3.05) is 0 Å². The zero-order valence-electron chi connectivity index (χ0n) is 7.31. The van der Waals surface area contributed by atoms with Gasteiger partial charge in [-0.05, 0) is 26.7 Å². The first-order valence-corrected chi connectivity index (χ1v) is 3.85. The molecule has 0 aromatic carbocycles. The molecule has 0 fully saturated rings. The molecule has 0 radical (unpaired) electrons. The monoisotopic (exact) mass is 140 g/mol. The van der Waals surface area contributed by atoms with Crippen LogP contribution in [0.2, 0.25) is 0 Å². The fourth-order valence-corrected chi connectivity index (χ4v) is 0.633. The molecule has 0 unspecified atom stereocenters. The van der Waals surface area contributed by atoms with E-state index < -0.39 is 0 Å². The Morgan fingerprint density at radius 2 is 1.20 bits per heavy atom. The summed E-state index contributed by atoms with van der Waals surface area (Å²) in [6.45, 7) is 8.02. The molecule has 2 heteroatoms. The molecular weight excluding hydrogens is 124 g/mol. The van der Waals surface area contributed by atoms with Crippen LogP contribution < -0.4 is 0 Å². The fourth-order valence-electron chi connectivity index (χ4n) is 0.633. The van der Waals surface area contributed by atoms with Crippen molar-refractivity contribution in [3.8, 4) is 0 Å². The Labute approximate surface area is 63.1 Å². The Morgan fingerprint density at radius 1 is 0.900 bits per heavy atom. The minimum absolute atomic E-state index is 1.09. The quantitative estimate of drug-likeness (QED) is 0.494. The summed E-state index contributed by atoms with van der Waals surface area (Å²) in [4.78, 5) is 0. The molecule has 0 aromatic rings. The van der Waals surface area contributed by atoms with Crippen molar-refractivity contribution in [3.05, 3.63) is 0 Å². The topological polar surface area (TPSA) is 24.7 Å². The van der Waals surface area contributed by atoms with Gasteiger partial charge in [0.25, 0.3) is 0 Å². The summed E-state index contributed by atoms with van der Waals surface area (Å²) in [7, 11) is 0. The Balaban J connectivity index is 0.000000371. The number of hydrogen-bond acceptors (Lipinski definition) is 2. The van der Waals surface area contributed by atoms with Gasteiger partial charge in [-0.1, -0.05) is 13.8 Å². The highest BCUT2D eigenvalue weighted by Crippen LogP contribution is 2.02. The van der Waals surface area contributed by atoms with E-state index in [-0.39, 0.29) is 0 Å². The maximum Gasteiger partial charge on any atom is 0.0378 e. The predicted octanol–water partition coefficient (Wildman–Crippen LogP) is 2.64. The summed E-state index contributed by atoms with van der Waals surface area (Å²) in [6, 6.07) is 0. The predicted molar refractivity (Wildman–Crippen MR) is 46.8 cm³/mol. The van der Waals surface area contributed by atoms with Gasteiger partial charge in [0.2, 0.25) is 0 Å². The molecule has 0 bridgehead atoms. The highest BCUT2D eigenvalue weighted by molar-refractivity contribution is 5.92. The van der Waals surface area contributed by atoms with Gasteiger partial charge in [0.1, 0.15) is 0 Å². The molecule has 0 aromatic heterocycles. The maximum absolute atomic E-state index is 3.92. The van der Waals surface area contributed by atoms with E-state index in [9.17, 15) is 0 Å². The van der Waals surface area contributed by atoms with Crippen LogP contribution in [0.3, 0.4) is 0 Å². The molecule has 1 heterocycles. The number of hydrogen-bond donors (Lipinski definition) is 0. The van der Waals surface area contributed by atoms with Crippen LogP contribution in [0, 0.1) is 0 Å². The van der Waals surface area contributed by atoms with Gasteiger partial charge in [-0.25, -0.2) is 0 Å². The molecule has 0 saturated heterocycles. The maximum atomic E-state index is 3.92. The molecule has 0 atom stereocenters. The third-order valence-electron chi connectivity index (χ3n) is 1.24. The lowest BCUT2D eigenvalue weighted by molar-refractivity contribution is 1.02. The van der Waals surface area contributed by atoms with Gasteiger partial charge in [-0.15, -0.1) is 0 Å². The molecule has 0 saturated carbocycles. The van der Waals surface area contributed by atoms with Gasteiger partial charge in [-0.3, -0.25) is 0 Å². The van der Waals surface area contributed by atoms with Crippen LogP contribution in [-0.4, -0.2) is 11.4 Å². The van der Waals surface area contributed by atoms with E-state index in [1.165, 1.54) is 0 Å². The molecule has 0 spiro atoms. The smallest absolute Gasteiger partial charge is 0.0378 e. The molecule has 58 valence electrons. The number of rotatable bonds is 0. The molecule has 0 amide bonds. The van der Waals surface area contributed by atoms with Crippen LogP contribution in [0.25, 0.3) is 0 Å². The van der Waals surface area contributed by atoms with E-state index in [2.05, 4.69) is 10.2 Å². The average Bonchev–Trinajstić information content (AvgIpc) is 2.00. The molecule has 1 rings (SSSR count). The second kappa shape index (κ2) is 5.15. The lowest BCUT2D eigenvalue weighted by atomic mass is 10.1. The summed E-state index contributed by atoms with van der Waals surface area (Å²) in [5.41, 5.74) is 2.30. The summed E-state index contributed by atoms with van der Waals surface area (Å²) >= 11 is 0. The first-order chi connectivity index (χ1) is 4.79. The van der Waals surface area contributed by atoms with Crippen LogP contribution in [0.15, 0.2) is 10.2 Å². The zero-order chi connectivity index (χ0) is 7.98. The van der Waals surface area contributed by atoms with Crippen molar-refractivity contribution in [2.24, 2.45) is 10.2 Å². The van der Waals surface area contributed by atoms with Crippen molar-refractivity contribution in [1.82, 2.24) is 0 Å². The van der Waals surface area contributed by atoms with Gasteiger partial charge in [0, 0.05) is 11.4 Å². The van der Waals surface area contributed by atoms with Crippen molar-refractivity contribution >= 4 is 11.4 Å². The van der Waals surface area contributed by atoms with Crippen LogP contribution in [0.5, 0.6) is 0 Å². The second-order valence-corrected chi connectivity index (χ2v) is 2.17. The van der Waals surface area contributed by atoms with Crippen LogP contribution in [0.4, 0.5) is 0 Å². The first-order valence-electron chi connectivity index (χ1n) is 3.85. The van der Waals surface area contributed by atoms with Crippen molar-refractivity contribution in [1.29, 1.82) is 0 Å². The Morgan fingerprint density at radius 3 is 1.40 bits per heavy atom. The Hall–Kier alpha value is -0.660. The normalized spacial score (nSPS) is 16.4. The van der Waals surface area contributed by atoms with Gasteiger partial charge < -0.3 is 0 Å². The van der Waals surface area contributed by atoms with E-state index in [1.807, 2.05) is 27.7 Å². The average molecular weight is 140 g/mol. The summed E-state index contributed by atoms with van der Waals surface area (Å²) in [5.74, 6) is 0. The highest BCUT2D eigenvalue weighted by Gasteiger charge is 1.99. The standard InChI is InChI=1S/C6H10N2.C2H6/c1-5-3-4-6(2)8-7-5;1-2/h3-4H2,1-2H3;1-2H3. The molecule has 1 aliphatic heterocycles. The zero-order valence-corrected chi connectivity index (χ0v) is 7.31. The molecule has 10 heavy (non-hydrogen) atoms. The lowest BCUT2D eigenvalue weighted by Gasteiger charge is -2.02. The minimum atomic E-state index is 1.09. The van der Waals surface area contributed by atoms with Gasteiger partial charge in [0.05, 0.1) is 0 Å². The first kappa shape index (κ1) is 9.34. The van der Waals surface area contributed by atoms with Gasteiger partial charge in [0.15, 0.2) is 0 Å². The van der Waals surface area contributed by atoms with Gasteiger partial charge >= 0.3 is 0 Å². The third-order valence-corrected chi connectivity index (χ3v) is 1.24. The Kier molecular flexibility index (Phi) is 4.81. The van der Waals surface area contributed by atoms with Gasteiger partial charge in [-0.2, -0.15) is 10.2 Å².